The van der Waals surface area contributed by atoms with Crippen molar-refractivity contribution >= 4 is 35.2 Å². The Morgan fingerprint density at radius 1 is 1.38 bits per heavy atom. The van der Waals surface area contributed by atoms with Crippen LogP contribution in [0.15, 0.2) is 47.8 Å². The second-order valence-corrected chi connectivity index (χ2v) is 7.99. The van der Waals surface area contributed by atoms with Gasteiger partial charge in [-0.05, 0) is 38.1 Å². The number of carbonyl (C=O) groups excluding carboxylic acids is 1. The summed E-state index contributed by atoms with van der Waals surface area (Å²) in [4.78, 5) is 16.4. The van der Waals surface area contributed by atoms with Gasteiger partial charge in [0, 0.05) is 29.0 Å². The summed E-state index contributed by atoms with van der Waals surface area (Å²) in [6.45, 7) is 3.74. The van der Waals surface area contributed by atoms with Crippen molar-refractivity contribution in [2.75, 3.05) is 0 Å². The van der Waals surface area contributed by atoms with Crippen LogP contribution in [0.5, 0.6) is 0 Å². The zero-order valence-corrected chi connectivity index (χ0v) is 14.7. The smallest absolute Gasteiger partial charge is 0.135 e. The third-order valence-electron chi connectivity index (χ3n) is 3.56. The lowest BCUT2D eigenvalue weighted by molar-refractivity contribution is -0.109. The quantitative estimate of drug-likeness (QED) is 0.507. The fraction of sp³-hybridized carbons (Fsp3) is 0.167. The van der Waals surface area contributed by atoms with E-state index in [1.165, 1.54) is 11.8 Å². The molecule has 6 heteroatoms. The van der Waals surface area contributed by atoms with Crippen LogP contribution < -0.4 is 0 Å². The van der Waals surface area contributed by atoms with Crippen LogP contribution in [0.4, 0.5) is 0 Å². The summed E-state index contributed by atoms with van der Waals surface area (Å²) in [5.74, 6) is 0. The van der Waals surface area contributed by atoms with Crippen molar-refractivity contribution < 1.29 is 4.79 Å². The van der Waals surface area contributed by atoms with Crippen molar-refractivity contribution in [2.45, 2.75) is 23.5 Å². The predicted molar refractivity (Wildman–Crippen MR) is 96.4 cm³/mol. The van der Waals surface area contributed by atoms with E-state index in [9.17, 15) is 10.1 Å². The third-order valence-corrected chi connectivity index (χ3v) is 4.97. The summed E-state index contributed by atoms with van der Waals surface area (Å²) >= 11 is 7.62. The van der Waals surface area contributed by atoms with E-state index in [4.69, 9.17) is 11.6 Å². The number of nitriles is 1. The van der Waals surface area contributed by atoms with Gasteiger partial charge in [0.15, 0.2) is 0 Å². The van der Waals surface area contributed by atoms with E-state index in [-0.39, 0.29) is 0 Å². The Labute approximate surface area is 149 Å². The first-order chi connectivity index (χ1) is 11.4. The summed E-state index contributed by atoms with van der Waals surface area (Å²) in [7, 11) is 0. The fourth-order valence-corrected chi connectivity index (χ4v) is 3.66. The Bertz CT molecular complexity index is 972. The molecule has 0 aliphatic heterocycles. The van der Waals surface area contributed by atoms with E-state index < -0.39 is 4.75 Å². The van der Waals surface area contributed by atoms with Crippen LogP contribution in [0.25, 0.3) is 16.8 Å². The Hall–Kier alpha value is -2.29. The number of aromatic nitrogens is 2. The van der Waals surface area contributed by atoms with Crippen LogP contribution in [0.3, 0.4) is 0 Å². The first kappa shape index (κ1) is 16.6. The molecule has 3 rings (SSSR count). The summed E-state index contributed by atoms with van der Waals surface area (Å²) in [6, 6.07) is 9.48. The van der Waals surface area contributed by atoms with E-state index in [1.54, 1.807) is 30.7 Å². The molecule has 0 saturated heterocycles. The molecule has 3 aromatic rings. The molecule has 0 radical (unpaired) electrons. The second kappa shape index (κ2) is 6.31. The van der Waals surface area contributed by atoms with Gasteiger partial charge in [0.2, 0.25) is 0 Å². The van der Waals surface area contributed by atoms with Gasteiger partial charge in [0.1, 0.15) is 12.4 Å². The van der Waals surface area contributed by atoms with Gasteiger partial charge in [0.05, 0.1) is 26.5 Å². The summed E-state index contributed by atoms with van der Waals surface area (Å²) in [5, 5.41) is 9.84. The van der Waals surface area contributed by atoms with E-state index in [0.717, 1.165) is 28.0 Å². The molecule has 0 saturated carbocycles. The van der Waals surface area contributed by atoms with Gasteiger partial charge in [-0.2, -0.15) is 5.26 Å². The number of carbonyl (C=O) groups is 1. The largest absolute Gasteiger partial charge is 0.314 e. The average molecular weight is 356 g/mol. The summed E-state index contributed by atoms with van der Waals surface area (Å²) in [6.07, 6.45) is 6.18. The number of thioether (sulfide) groups is 1. The Morgan fingerprint density at radius 2 is 2.17 bits per heavy atom. The van der Waals surface area contributed by atoms with Crippen LogP contribution in [0.1, 0.15) is 19.4 Å². The number of nitrogens with zero attached hydrogens (tertiary/aromatic N) is 3. The van der Waals surface area contributed by atoms with E-state index >= 15 is 0 Å². The number of halogens is 1. The molecule has 24 heavy (non-hydrogen) atoms. The number of aldehydes is 1. The Morgan fingerprint density at radius 3 is 2.88 bits per heavy atom. The zero-order valence-electron chi connectivity index (χ0n) is 13.2. The lowest BCUT2D eigenvalue weighted by Crippen LogP contribution is -2.16. The molecular weight excluding hydrogens is 342 g/mol. The van der Waals surface area contributed by atoms with E-state index in [0.29, 0.717) is 10.6 Å². The molecule has 0 unspecified atom stereocenters. The van der Waals surface area contributed by atoms with Crippen molar-refractivity contribution in [3.63, 3.8) is 0 Å². The van der Waals surface area contributed by atoms with Crippen molar-refractivity contribution in [1.82, 2.24) is 9.38 Å². The van der Waals surface area contributed by atoms with Gasteiger partial charge in [-0.25, -0.2) is 0 Å². The summed E-state index contributed by atoms with van der Waals surface area (Å²) < 4.78 is 1.34. The molecule has 0 N–H and O–H groups in total. The minimum Gasteiger partial charge on any atom is -0.314 e. The second-order valence-electron chi connectivity index (χ2n) is 5.85. The average Bonchev–Trinajstić information content (AvgIpc) is 2.95. The van der Waals surface area contributed by atoms with Crippen molar-refractivity contribution in [2.24, 2.45) is 0 Å². The van der Waals surface area contributed by atoms with Gasteiger partial charge >= 0.3 is 0 Å². The van der Waals surface area contributed by atoms with Gasteiger partial charge in [0.25, 0.3) is 0 Å². The first-order valence-corrected chi connectivity index (χ1v) is 8.45. The standard InChI is InChI=1S/C18H14ClN3OS/c1-18(2,11-23)24-17-5-6-21-9-14(17)15-4-3-12(8-20)16-7-13(19)10-22(15)16/h3-7,9-11H,1-2H3. The normalized spacial score (nSPS) is 11.4. The van der Waals surface area contributed by atoms with Gasteiger partial charge < -0.3 is 9.20 Å². The van der Waals surface area contributed by atoms with Crippen molar-refractivity contribution in [3.05, 3.63) is 53.4 Å². The first-order valence-electron chi connectivity index (χ1n) is 7.25. The molecular formula is C18H14ClN3OS. The highest BCUT2D eigenvalue weighted by molar-refractivity contribution is 8.01. The van der Waals surface area contributed by atoms with Crippen LogP contribution in [-0.4, -0.2) is 20.4 Å². The summed E-state index contributed by atoms with van der Waals surface area (Å²) in [5.41, 5.74) is 3.05. The number of pyridine rings is 2. The molecule has 0 amide bonds. The Balaban J connectivity index is 2.23. The third kappa shape index (κ3) is 3.03. The van der Waals surface area contributed by atoms with Gasteiger partial charge in [-0.1, -0.05) is 11.6 Å². The van der Waals surface area contributed by atoms with Crippen molar-refractivity contribution in [1.29, 1.82) is 5.26 Å². The predicted octanol–water partition coefficient (Wildman–Crippen LogP) is 4.60. The number of hydrogen-bond acceptors (Lipinski definition) is 4. The molecule has 4 nitrogen and oxygen atoms in total. The monoisotopic (exact) mass is 355 g/mol. The molecule has 0 atom stereocenters. The molecule has 3 heterocycles. The highest BCUT2D eigenvalue weighted by Crippen LogP contribution is 2.38. The van der Waals surface area contributed by atoms with Crippen LogP contribution >= 0.6 is 23.4 Å². The number of hydrogen-bond donors (Lipinski definition) is 0. The fourth-order valence-electron chi connectivity index (χ4n) is 2.45. The van der Waals surface area contributed by atoms with Crippen molar-refractivity contribution in [3.8, 4) is 17.3 Å². The zero-order chi connectivity index (χ0) is 17.3. The molecule has 0 aliphatic carbocycles. The topological polar surface area (TPSA) is 58.2 Å². The maximum atomic E-state index is 11.3. The van der Waals surface area contributed by atoms with Gasteiger partial charge in [-0.15, -0.1) is 11.8 Å². The van der Waals surface area contributed by atoms with Crippen LogP contribution in [0, 0.1) is 11.3 Å². The molecule has 3 aromatic heterocycles. The SMILES string of the molecule is CC(C)(C=O)Sc1ccncc1-c1ccc(C#N)c2cc(Cl)cn12. The molecule has 0 bridgehead atoms. The minimum absolute atomic E-state index is 0.545. The minimum atomic E-state index is -0.545. The highest BCUT2D eigenvalue weighted by Gasteiger charge is 2.21. The van der Waals surface area contributed by atoms with E-state index in [2.05, 4.69) is 11.1 Å². The van der Waals surface area contributed by atoms with Gasteiger partial charge in [-0.3, -0.25) is 4.98 Å². The molecule has 0 aliphatic rings. The van der Waals surface area contributed by atoms with E-state index in [1.807, 2.05) is 30.4 Å². The highest BCUT2D eigenvalue weighted by atomic mass is 35.5. The number of rotatable bonds is 4. The lowest BCUT2D eigenvalue weighted by atomic mass is 10.1. The lowest BCUT2D eigenvalue weighted by Gasteiger charge is -2.19. The molecule has 0 fully saturated rings. The number of fused-ring (bicyclic) bond motifs is 1. The van der Waals surface area contributed by atoms with Crippen LogP contribution in [-0.2, 0) is 4.79 Å². The maximum absolute atomic E-state index is 11.3. The molecule has 0 spiro atoms. The Kier molecular flexibility index (Phi) is 4.35. The molecule has 120 valence electrons. The maximum Gasteiger partial charge on any atom is 0.135 e. The van der Waals surface area contributed by atoms with Crippen LogP contribution in [0.2, 0.25) is 5.02 Å². The molecule has 0 aromatic carbocycles.